The van der Waals surface area contributed by atoms with Crippen LogP contribution in [0.5, 0.6) is 5.75 Å². The third-order valence-corrected chi connectivity index (χ3v) is 4.84. The number of carbonyl (C=O) groups is 3. The zero-order chi connectivity index (χ0) is 23.1. The second kappa shape index (κ2) is 8.02. The summed E-state index contributed by atoms with van der Waals surface area (Å²) >= 11 is 0. The Labute approximate surface area is 177 Å². The molecule has 0 spiro atoms. The van der Waals surface area contributed by atoms with Crippen molar-refractivity contribution in [2.75, 3.05) is 0 Å². The van der Waals surface area contributed by atoms with Crippen LogP contribution in [0.25, 0.3) is 0 Å². The summed E-state index contributed by atoms with van der Waals surface area (Å²) in [6, 6.07) is 5.98. The van der Waals surface area contributed by atoms with Crippen molar-refractivity contribution in [3.63, 3.8) is 0 Å². The Morgan fingerprint density at radius 1 is 1.03 bits per heavy atom. The van der Waals surface area contributed by atoms with Crippen molar-refractivity contribution in [1.29, 1.82) is 0 Å². The normalized spacial score (nSPS) is 27.5. The van der Waals surface area contributed by atoms with Gasteiger partial charge in [-0.25, -0.2) is 0 Å². The molecule has 0 bridgehead atoms. The number of Topliss-reactive ketones (excluding diaryl/α,β-unsaturated/α-hetero) is 1. The van der Waals surface area contributed by atoms with Gasteiger partial charge in [-0.15, -0.1) is 0 Å². The Hall–Kier alpha value is -2.41. The van der Waals surface area contributed by atoms with Crippen molar-refractivity contribution in [1.82, 2.24) is 0 Å². The molecule has 2 rings (SSSR count). The van der Waals surface area contributed by atoms with Crippen LogP contribution in [0.2, 0.25) is 0 Å². The summed E-state index contributed by atoms with van der Waals surface area (Å²) in [5, 5.41) is 21.1. The molecule has 7 heteroatoms. The van der Waals surface area contributed by atoms with Gasteiger partial charge >= 0.3 is 11.9 Å². The lowest BCUT2D eigenvalue weighted by atomic mass is 9.61. The van der Waals surface area contributed by atoms with Crippen LogP contribution >= 0.6 is 0 Å². The summed E-state index contributed by atoms with van der Waals surface area (Å²) in [4.78, 5) is 39.2. The van der Waals surface area contributed by atoms with Crippen molar-refractivity contribution < 1.29 is 34.1 Å². The number of carbonyl (C=O) groups excluding carboxylic acids is 3. The highest BCUT2D eigenvalue weighted by molar-refractivity contribution is 6.03. The summed E-state index contributed by atoms with van der Waals surface area (Å²) in [5.74, 6) is -5.69. The van der Waals surface area contributed by atoms with E-state index < -0.39 is 58.7 Å². The molecule has 1 aliphatic rings. The molecule has 0 heterocycles. The van der Waals surface area contributed by atoms with Crippen LogP contribution < -0.4 is 0 Å². The molecule has 166 valence electrons. The fourth-order valence-corrected chi connectivity index (χ4v) is 3.88. The first-order valence-corrected chi connectivity index (χ1v) is 10.0. The van der Waals surface area contributed by atoms with Gasteiger partial charge in [0, 0.05) is 12.3 Å². The van der Waals surface area contributed by atoms with Gasteiger partial charge in [-0.3, -0.25) is 14.4 Å². The van der Waals surface area contributed by atoms with E-state index in [9.17, 15) is 24.6 Å². The Bertz CT molecular complexity index is 827. The largest absolute Gasteiger partial charge is 0.508 e. The summed E-state index contributed by atoms with van der Waals surface area (Å²) in [6.07, 6.45) is -0.393. The molecule has 1 fully saturated rings. The van der Waals surface area contributed by atoms with E-state index in [1.165, 1.54) is 19.1 Å². The number of hydrogen-bond acceptors (Lipinski definition) is 7. The van der Waals surface area contributed by atoms with Crippen LogP contribution in [0.1, 0.15) is 66.4 Å². The number of ether oxygens (including phenoxy) is 2. The predicted octanol–water partition coefficient (Wildman–Crippen LogP) is 3.12. The topological polar surface area (TPSA) is 110 Å². The molecule has 0 amide bonds. The smallest absolute Gasteiger partial charge is 0.317 e. The number of benzene rings is 1. The number of aromatic hydroxyl groups is 1. The molecule has 1 aliphatic carbocycles. The molecule has 0 unspecified atom stereocenters. The molecule has 0 aliphatic heterocycles. The Kier molecular flexibility index (Phi) is 6.38. The van der Waals surface area contributed by atoms with Crippen molar-refractivity contribution in [2.24, 2.45) is 11.8 Å². The molecule has 30 heavy (non-hydrogen) atoms. The molecule has 1 saturated carbocycles. The van der Waals surface area contributed by atoms with Gasteiger partial charge in [0.25, 0.3) is 0 Å². The minimum atomic E-state index is -1.74. The van der Waals surface area contributed by atoms with Gasteiger partial charge < -0.3 is 19.7 Å². The number of rotatable bonds is 3. The minimum absolute atomic E-state index is 0.0870. The summed E-state index contributed by atoms with van der Waals surface area (Å²) in [5.41, 5.74) is -3.05. The lowest BCUT2D eigenvalue weighted by Crippen LogP contribution is -2.56. The monoisotopic (exact) mass is 420 g/mol. The minimum Gasteiger partial charge on any atom is -0.508 e. The van der Waals surface area contributed by atoms with Gasteiger partial charge in [-0.1, -0.05) is 12.1 Å². The Balaban J connectivity index is 2.64. The van der Waals surface area contributed by atoms with Gasteiger partial charge in [-0.05, 0) is 66.2 Å². The number of phenolic OH excluding ortho intramolecular Hbond substituents is 1. The molecule has 2 N–H and O–H groups in total. The average Bonchev–Trinajstić information content (AvgIpc) is 2.49. The van der Waals surface area contributed by atoms with Crippen LogP contribution in [-0.4, -0.2) is 44.7 Å². The first-order valence-electron chi connectivity index (χ1n) is 10.0. The van der Waals surface area contributed by atoms with Crippen LogP contribution in [0.15, 0.2) is 24.3 Å². The molecule has 0 aromatic heterocycles. The van der Waals surface area contributed by atoms with Crippen molar-refractivity contribution in [2.45, 2.75) is 77.6 Å². The van der Waals surface area contributed by atoms with E-state index in [0.717, 1.165) is 0 Å². The van der Waals surface area contributed by atoms with Gasteiger partial charge in [-0.2, -0.15) is 0 Å². The molecule has 1 aromatic rings. The van der Waals surface area contributed by atoms with E-state index in [1.807, 2.05) is 0 Å². The van der Waals surface area contributed by atoms with Crippen LogP contribution in [0.3, 0.4) is 0 Å². The molecule has 0 saturated heterocycles. The summed E-state index contributed by atoms with van der Waals surface area (Å²) in [6.45, 7) is 11.5. The Morgan fingerprint density at radius 2 is 1.57 bits per heavy atom. The second-order valence-electron chi connectivity index (χ2n) is 10.1. The summed E-state index contributed by atoms with van der Waals surface area (Å²) < 4.78 is 11.0. The van der Waals surface area contributed by atoms with Gasteiger partial charge in [0.2, 0.25) is 0 Å². The van der Waals surface area contributed by atoms with Gasteiger partial charge in [0.05, 0.1) is 11.5 Å². The number of hydrogen-bond donors (Lipinski definition) is 2. The predicted molar refractivity (Wildman–Crippen MR) is 110 cm³/mol. The Morgan fingerprint density at radius 3 is 2.07 bits per heavy atom. The summed E-state index contributed by atoms with van der Waals surface area (Å²) in [7, 11) is 0. The quantitative estimate of drug-likeness (QED) is 0.571. The average molecular weight is 421 g/mol. The maximum atomic E-state index is 13.1. The highest BCUT2D eigenvalue weighted by Crippen LogP contribution is 2.47. The number of esters is 2. The number of aliphatic hydroxyl groups is 1. The molecule has 1 aromatic carbocycles. The number of ketones is 1. The van der Waals surface area contributed by atoms with Gasteiger partial charge in [0.15, 0.2) is 5.78 Å². The molecule has 4 atom stereocenters. The van der Waals surface area contributed by atoms with E-state index in [-0.39, 0.29) is 5.75 Å². The molecular weight excluding hydrogens is 388 g/mol. The molecular formula is C23H32O7. The highest BCUT2D eigenvalue weighted by Gasteiger charge is 2.57. The third-order valence-electron chi connectivity index (χ3n) is 4.84. The van der Waals surface area contributed by atoms with E-state index in [0.29, 0.717) is 5.56 Å². The zero-order valence-corrected chi connectivity index (χ0v) is 18.7. The van der Waals surface area contributed by atoms with Crippen LogP contribution in [0, 0.1) is 11.8 Å². The van der Waals surface area contributed by atoms with E-state index in [2.05, 4.69) is 0 Å². The number of phenols is 1. The van der Waals surface area contributed by atoms with Crippen molar-refractivity contribution in [3.05, 3.63) is 29.8 Å². The van der Waals surface area contributed by atoms with Crippen molar-refractivity contribution >= 4 is 17.7 Å². The van der Waals surface area contributed by atoms with E-state index in [1.54, 1.807) is 53.7 Å². The maximum absolute atomic E-state index is 13.1. The third kappa shape index (κ3) is 5.59. The lowest BCUT2D eigenvalue weighted by molar-refractivity contribution is -0.182. The fourth-order valence-electron chi connectivity index (χ4n) is 3.88. The highest BCUT2D eigenvalue weighted by atomic mass is 16.6. The van der Waals surface area contributed by atoms with Crippen LogP contribution in [0.4, 0.5) is 0 Å². The standard InChI is InChI=1S/C23H32O7/c1-21(2,3)29-19(26)17-15(25)12-23(7,28)18(20(27)30-22(4,5)6)16(17)13-9-8-10-14(24)11-13/h8-11,16-18,24,28H,12H2,1-7H3/t16-,17-,18+,23+/m0/s1. The fraction of sp³-hybridized carbons (Fsp3) is 0.609. The van der Waals surface area contributed by atoms with E-state index >= 15 is 0 Å². The lowest BCUT2D eigenvalue weighted by Gasteiger charge is -2.44. The first-order chi connectivity index (χ1) is 13.5. The zero-order valence-electron chi connectivity index (χ0n) is 18.7. The van der Waals surface area contributed by atoms with Gasteiger partial charge in [0.1, 0.15) is 22.9 Å². The molecule has 7 nitrogen and oxygen atoms in total. The van der Waals surface area contributed by atoms with Crippen molar-refractivity contribution in [3.8, 4) is 5.75 Å². The SMILES string of the molecule is CC(C)(C)OC(=O)[C@H]1C(=O)C[C@@](C)(O)[C@@H](C(=O)OC(C)(C)C)[C@H]1c1cccc(O)c1. The first kappa shape index (κ1) is 23.9. The maximum Gasteiger partial charge on any atom is 0.317 e. The molecule has 0 radical (unpaired) electrons. The van der Waals surface area contributed by atoms with Crippen LogP contribution in [-0.2, 0) is 23.9 Å². The second-order valence-corrected chi connectivity index (χ2v) is 10.1. The van der Waals surface area contributed by atoms with E-state index in [4.69, 9.17) is 9.47 Å².